The molecule has 1 radical (unpaired) electrons. The third-order valence-corrected chi connectivity index (χ3v) is 7.56. The van der Waals surface area contributed by atoms with E-state index in [-0.39, 0.29) is 20.1 Å². The van der Waals surface area contributed by atoms with E-state index in [9.17, 15) is 0 Å². The molecule has 45 heavy (non-hydrogen) atoms. The van der Waals surface area contributed by atoms with Crippen molar-refractivity contribution in [3.8, 4) is 33.6 Å². The molecule has 8 aromatic rings. The second kappa shape index (κ2) is 14.1. The second-order valence-electron chi connectivity index (χ2n) is 10.4. The van der Waals surface area contributed by atoms with Crippen LogP contribution >= 0.6 is 0 Å². The Morgan fingerprint density at radius 3 is 2.00 bits per heavy atom. The van der Waals surface area contributed by atoms with Crippen molar-refractivity contribution in [2.45, 2.75) is 6.42 Å². The SMILES string of the molecule is [Ir].[c-]1cc(-c2ccccc2)c(Cc2ccccc2)cc1-c1ccccn1.[c-]1ccc2c(oc3ccccc32)c1-c1ccccn1. The first-order valence-corrected chi connectivity index (χ1v) is 14.6. The van der Waals surface area contributed by atoms with Crippen molar-refractivity contribution in [1.82, 2.24) is 9.97 Å². The Morgan fingerprint density at radius 2 is 1.27 bits per heavy atom. The number of nitrogens with zero attached hydrogens (tertiary/aromatic N) is 2. The maximum Gasteiger partial charge on any atom is 0.120 e. The van der Waals surface area contributed by atoms with Gasteiger partial charge in [-0.2, -0.15) is 0 Å². The van der Waals surface area contributed by atoms with Crippen LogP contribution in [0.25, 0.3) is 55.6 Å². The molecule has 8 rings (SSSR count). The van der Waals surface area contributed by atoms with E-state index in [0.717, 1.165) is 50.9 Å². The molecule has 3 nitrogen and oxygen atoms in total. The molecule has 0 aliphatic rings. The molecule has 0 bridgehead atoms. The van der Waals surface area contributed by atoms with Gasteiger partial charge in [0.1, 0.15) is 5.58 Å². The van der Waals surface area contributed by atoms with Gasteiger partial charge in [0.25, 0.3) is 0 Å². The molecule has 0 aliphatic heterocycles. The van der Waals surface area contributed by atoms with E-state index >= 15 is 0 Å². The summed E-state index contributed by atoms with van der Waals surface area (Å²) in [4.78, 5) is 8.85. The Balaban J connectivity index is 0.000000160. The van der Waals surface area contributed by atoms with Gasteiger partial charge in [0.2, 0.25) is 0 Å². The monoisotopic (exact) mass is 757 g/mol. The number of fused-ring (bicyclic) bond motifs is 3. The van der Waals surface area contributed by atoms with Crippen molar-refractivity contribution in [2.24, 2.45) is 0 Å². The Morgan fingerprint density at radius 1 is 0.600 bits per heavy atom. The van der Waals surface area contributed by atoms with Crippen LogP contribution in [-0.2, 0) is 26.5 Å². The van der Waals surface area contributed by atoms with Crippen LogP contribution in [0.4, 0.5) is 0 Å². The molecule has 0 atom stereocenters. The van der Waals surface area contributed by atoms with E-state index in [0.29, 0.717) is 0 Å². The maximum atomic E-state index is 5.97. The van der Waals surface area contributed by atoms with Gasteiger partial charge in [0.15, 0.2) is 0 Å². The quantitative estimate of drug-likeness (QED) is 0.164. The molecular formula is C41H28IrN2O-2. The summed E-state index contributed by atoms with van der Waals surface area (Å²) in [6, 6.07) is 55.9. The molecule has 0 fully saturated rings. The fourth-order valence-corrected chi connectivity index (χ4v) is 5.45. The van der Waals surface area contributed by atoms with Crippen LogP contribution in [0.3, 0.4) is 0 Å². The summed E-state index contributed by atoms with van der Waals surface area (Å²) in [5.74, 6) is 0. The van der Waals surface area contributed by atoms with E-state index in [1.807, 2.05) is 79.0 Å². The fraction of sp³-hybridized carbons (Fsp3) is 0.0244. The number of benzene rings is 5. The standard InChI is InChI=1S/C24H18N.C17H10NO.Ir/c1-3-9-19(10-4-1)17-22-18-21(24-13-7-8-16-25-24)14-15-23(22)20-11-5-2-6-12-20;1-2-10-16-12(6-1)13-7-5-8-14(17(13)19-16)15-9-3-4-11-18-15;/h1-13,15-16,18H,17H2;1-7,9-11H;/q2*-1;. The predicted molar refractivity (Wildman–Crippen MR) is 179 cm³/mol. The fourth-order valence-electron chi connectivity index (χ4n) is 5.45. The molecule has 0 unspecified atom stereocenters. The minimum Gasteiger partial charge on any atom is -0.501 e. The third-order valence-electron chi connectivity index (χ3n) is 7.56. The molecule has 0 saturated heterocycles. The van der Waals surface area contributed by atoms with Gasteiger partial charge < -0.3 is 14.4 Å². The van der Waals surface area contributed by atoms with Crippen LogP contribution in [0.5, 0.6) is 0 Å². The van der Waals surface area contributed by atoms with Crippen molar-refractivity contribution in [2.75, 3.05) is 0 Å². The Bertz CT molecular complexity index is 2130. The third kappa shape index (κ3) is 6.68. The largest absolute Gasteiger partial charge is 0.501 e. The molecule has 0 aliphatic carbocycles. The molecule has 4 heteroatoms. The summed E-state index contributed by atoms with van der Waals surface area (Å²) >= 11 is 0. The van der Waals surface area contributed by atoms with E-state index in [4.69, 9.17) is 4.42 Å². The van der Waals surface area contributed by atoms with Gasteiger partial charge in [-0.1, -0.05) is 125 Å². The first-order chi connectivity index (χ1) is 21.8. The van der Waals surface area contributed by atoms with Crippen molar-refractivity contribution in [3.63, 3.8) is 0 Å². The molecule has 3 heterocycles. The van der Waals surface area contributed by atoms with Gasteiger partial charge in [0, 0.05) is 37.9 Å². The van der Waals surface area contributed by atoms with Gasteiger partial charge in [-0.15, -0.1) is 47.5 Å². The summed E-state index contributed by atoms with van der Waals surface area (Å²) in [6.45, 7) is 0. The first-order valence-electron chi connectivity index (χ1n) is 14.6. The number of hydrogen-bond acceptors (Lipinski definition) is 3. The van der Waals surface area contributed by atoms with Crippen LogP contribution < -0.4 is 0 Å². The Kier molecular flexibility index (Phi) is 9.36. The van der Waals surface area contributed by atoms with Crippen LogP contribution in [0.15, 0.2) is 162 Å². The predicted octanol–water partition coefficient (Wildman–Crippen LogP) is 10.3. The zero-order valence-electron chi connectivity index (χ0n) is 24.4. The zero-order chi connectivity index (χ0) is 29.6. The van der Waals surface area contributed by atoms with E-state index < -0.39 is 0 Å². The number of hydrogen-bond donors (Lipinski definition) is 0. The minimum atomic E-state index is 0. The molecule has 3 aromatic heterocycles. The number of pyridine rings is 2. The molecule has 0 saturated carbocycles. The first kappa shape index (κ1) is 29.9. The van der Waals surface area contributed by atoms with Gasteiger partial charge in [0.05, 0.1) is 5.58 Å². The summed E-state index contributed by atoms with van der Waals surface area (Å²) < 4.78 is 5.97. The summed E-state index contributed by atoms with van der Waals surface area (Å²) in [5.41, 5.74) is 10.6. The Labute approximate surface area is 276 Å². The molecular weight excluding hydrogens is 729 g/mol. The van der Waals surface area contributed by atoms with Crippen molar-refractivity contribution >= 4 is 21.9 Å². The molecule has 0 spiro atoms. The number of rotatable bonds is 5. The van der Waals surface area contributed by atoms with E-state index in [1.54, 1.807) is 6.20 Å². The molecule has 0 N–H and O–H groups in total. The Hall–Kier alpha value is -5.15. The van der Waals surface area contributed by atoms with Gasteiger partial charge >= 0.3 is 0 Å². The minimum absolute atomic E-state index is 0. The van der Waals surface area contributed by atoms with Crippen LogP contribution in [-0.4, -0.2) is 9.97 Å². The molecule has 0 amide bonds. The normalized spacial score (nSPS) is 10.6. The summed E-state index contributed by atoms with van der Waals surface area (Å²) in [6.07, 6.45) is 4.50. The van der Waals surface area contributed by atoms with Crippen molar-refractivity contribution < 1.29 is 24.5 Å². The van der Waals surface area contributed by atoms with E-state index in [2.05, 4.69) is 94.9 Å². The number of para-hydroxylation sites is 1. The number of aromatic nitrogens is 2. The topological polar surface area (TPSA) is 38.9 Å². The molecule has 5 aromatic carbocycles. The van der Waals surface area contributed by atoms with E-state index in [1.165, 1.54) is 22.3 Å². The van der Waals surface area contributed by atoms with Crippen molar-refractivity contribution in [1.29, 1.82) is 0 Å². The van der Waals surface area contributed by atoms with Gasteiger partial charge in [-0.05, 0) is 41.6 Å². The maximum absolute atomic E-state index is 5.97. The average Bonchev–Trinajstić information content (AvgIpc) is 3.49. The van der Waals surface area contributed by atoms with Crippen LogP contribution in [0.2, 0.25) is 0 Å². The average molecular weight is 757 g/mol. The summed E-state index contributed by atoms with van der Waals surface area (Å²) in [7, 11) is 0. The smallest absolute Gasteiger partial charge is 0.120 e. The van der Waals surface area contributed by atoms with Gasteiger partial charge in [-0.25, -0.2) is 0 Å². The van der Waals surface area contributed by atoms with Crippen LogP contribution in [0, 0.1) is 12.1 Å². The van der Waals surface area contributed by atoms with Gasteiger partial charge in [-0.3, -0.25) is 0 Å². The summed E-state index contributed by atoms with van der Waals surface area (Å²) in [5, 5.41) is 2.23. The van der Waals surface area contributed by atoms with Crippen molar-refractivity contribution in [3.05, 3.63) is 181 Å². The second-order valence-corrected chi connectivity index (χ2v) is 10.4. The molecule has 219 valence electrons. The zero-order valence-corrected chi connectivity index (χ0v) is 26.7. The number of furan rings is 1. The van der Waals surface area contributed by atoms with Crippen LogP contribution in [0.1, 0.15) is 11.1 Å².